The van der Waals surface area contributed by atoms with Crippen molar-refractivity contribution in [3.05, 3.63) is 29.5 Å². The molecule has 7 nitrogen and oxygen atoms in total. The molecule has 0 radical (unpaired) electrons. The summed E-state index contributed by atoms with van der Waals surface area (Å²) in [5.41, 5.74) is 7.64. The number of aromatic nitrogens is 4. The predicted octanol–water partition coefficient (Wildman–Crippen LogP) is 2.07. The quantitative estimate of drug-likeness (QED) is 0.797. The molecule has 0 saturated carbocycles. The molecule has 8 heteroatoms. The third kappa shape index (κ3) is 2.11. The van der Waals surface area contributed by atoms with Crippen molar-refractivity contribution in [3.63, 3.8) is 0 Å². The highest BCUT2D eigenvalue weighted by molar-refractivity contribution is 6.30. The van der Waals surface area contributed by atoms with Gasteiger partial charge in [-0.15, -0.1) is 0 Å². The van der Waals surface area contributed by atoms with Crippen molar-refractivity contribution in [1.82, 2.24) is 19.5 Å². The number of benzene rings is 1. The molecule has 2 aromatic heterocycles. The molecule has 0 aliphatic carbocycles. The van der Waals surface area contributed by atoms with Crippen LogP contribution in [-0.4, -0.2) is 33.7 Å². The van der Waals surface area contributed by atoms with Crippen LogP contribution in [0.25, 0.3) is 16.9 Å². The number of imidazole rings is 1. The average molecular weight is 306 g/mol. The molecule has 21 heavy (non-hydrogen) atoms. The number of halogens is 1. The molecular weight excluding hydrogens is 294 g/mol. The second kappa shape index (κ2) is 5.10. The molecule has 0 bridgehead atoms. The van der Waals surface area contributed by atoms with E-state index in [-0.39, 0.29) is 5.95 Å². The molecule has 0 amide bonds. The topological polar surface area (TPSA) is 88.1 Å². The maximum absolute atomic E-state index is 6.07. The highest BCUT2D eigenvalue weighted by atomic mass is 35.5. The van der Waals surface area contributed by atoms with E-state index >= 15 is 0 Å². The molecule has 2 N–H and O–H groups in total. The summed E-state index contributed by atoms with van der Waals surface area (Å²) in [6.07, 6.45) is 1.38. The fraction of sp³-hybridized carbons (Fsp3) is 0.154. The molecule has 0 saturated heterocycles. The lowest BCUT2D eigenvalue weighted by molar-refractivity contribution is 0.401. The molecule has 3 rings (SSSR count). The second-order valence-electron chi connectivity index (χ2n) is 4.18. The molecule has 0 aliphatic rings. The van der Waals surface area contributed by atoms with Crippen LogP contribution in [0.1, 0.15) is 0 Å². The summed E-state index contributed by atoms with van der Waals surface area (Å²) in [5, 5.41) is 0.549. The smallest absolute Gasteiger partial charge is 0.245 e. The summed E-state index contributed by atoms with van der Waals surface area (Å²) in [6, 6.07) is 5.21. The van der Waals surface area contributed by atoms with Gasteiger partial charge in [-0.1, -0.05) is 11.6 Å². The van der Waals surface area contributed by atoms with Gasteiger partial charge in [0.1, 0.15) is 12.1 Å². The highest BCUT2D eigenvalue weighted by Gasteiger charge is 2.18. The minimum atomic E-state index is 0.240. The van der Waals surface area contributed by atoms with Gasteiger partial charge in [0, 0.05) is 5.02 Å². The van der Waals surface area contributed by atoms with E-state index in [0.29, 0.717) is 33.5 Å². The Morgan fingerprint density at radius 3 is 2.71 bits per heavy atom. The standard InChI is InChI=1S/C13H12ClN5O2/c1-20-9-4-3-7(14)5-8(9)19-11-10(18-13(19)15)12(21-2)17-6-16-11/h3-6H,1-2H3,(H2,15,18). The zero-order valence-corrected chi connectivity index (χ0v) is 12.1. The Labute approximate surface area is 125 Å². The van der Waals surface area contributed by atoms with Gasteiger partial charge in [-0.05, 0) is 18.2 Å². The lowest BCUT2D eigenvalue weighted by atomic mass is 10.3. The third-order valence-corrected chi connectivity index (χ3v) is 3.25. The van der Waals surface area contributed by atoms with Crippen LogP contribution in [0.4, 0.5) is 5.95 Å². The van der Waals surface area contributed by atoms with E-state index in [2.05, 4.69) is 15.0 Å². The van der Waals surface area contributed by atoms with Gasteiger partial charge in [0.2, 0.25) is 11.8 Å². The number of nitrogens with two attached hydrogens (primary N) is 1. The first-order valence-electron chi connectivity index (χ1n) is 6.02. The highest BCUT2D eigenvalue weighted by Crippen LogP contribution is 2.32. The lowest BCUT2D eigenvalue weighted by Crippen LogP contribution is -2.03. The normalized spacial score (nSPS) is 10.8. The number of ether oxygens (including phenoxy) is 2. The Hall–Kier alpha value is -2.54. The number of nitrogen functional groups attached to an aromatic ring is 1. The van der Waals surface area contributed by atoms with Gasteiger partial charge < -0.3 is 15.2 Å². The van der Waals surface area contributed by atoms with Crippen molar-refractivity contribution in [1.29, 1.82) is 0 Å². The number of anilines is 1. The third-order valence-electron chi connectivity index (χ3n) is 3.01. The minimum absolute atomic E-state index is 0.240. The van der Waals surface area contributed by atoms with Gasteiger partial charge in [0.25, 0.3) is 0 Å². The van der Waals surface area contributed by atoms with Gasteiger partial charge in [0.15, 0.2) is 11.2 Å². The van der Waals surface area contributed by atoms with Crippen LogP contribution in [0.5, 0.6) is 11.6 Å². The predicted molar refractivity (Wildman–Crippen MR) is 79.2 cm³/mol. The van der Waals surface area contributed by atoms with Crippen LogP contribution in [0.2, 0.25) is 5.02 Å². The molecule has 0 unspecified atom stereocenters. The van der Waals surface area contributed by atoms with Gasteiger partial charge in [-0.2, -0.15) is 4.98 Å². The van der Waals surface area contributed by atoms with Crippen LogP contribution in [0.3, 0.4) is 0 Å². The Bertz CT molecular complexity index is 818. The van der Waals surface area contributed by atoms with E-state index in [1.807, 2.05) is 0 Å². The van der Waals surface area contributed by atoms with E-state index in [9.17, 15) is 0 Å². The molecule has 0 spiro atoms. The Kier molecular flexibility index (Phi) is 3.26. The number of fused-ring (bicyclic) bond motifs is 1. The van der Waals surface area contributed by atoms with Crippen LogP contribution in [-0.2, 0) is 0 Å². The van der Waals surface area contributed by atoms with Crippen molar-refractivity contribution < 1.29 is 9.47 Å². The zero-order valence-electron chi connectivity index (χ0n) is 11.4. The Morgan fingerprint density at radius 2 is 2.00 bits per heavy atom. The van der Waals surface area contributed by atoms with Gasteiger partial charge in [0.05, 0.1) is 19.9 Å². The second-order valence-corrected chi connectivity index (χ2v) is 4.61. The molecule has 3 aromatic rings. The Balaban J connectivity index is 2.35. The minimum Gasteiger partial charge on any atom is -0.495 e. The molecule has 0 aliphatic heterocycles. The monoisotopic (exact) mass is 305 g/mol. The van der Waals surface area contributed by atoms with Gasteiger partial charge >= 0.3 is 0 Å². The average Bonchev–Trinajstić information content (AvgIpc) is 2.82. The van der Waals surface area contributed by atoms with Crippen molar-refractivity contribution in [2.45, 2.75) is 0 Å². The maximum atomic E-state index is 6.07. The van der Waals surface area contributed by atoms with Gasteiger partial charge in [-0.25, -0.2) is 9.97 Å². The van der Waals surface area contributed by atoms with E-state index in [1.165, 1.54) is 13.4 Å². The van der Waals surface area contributed by atoms with Crippen LogP contribution in [0, 0.1) is 0 Å². The molecule has 1 aromatic carbocycles. The summed E-state index contributed by atoms with van der Waals surface area (Å²) < 4.78 is 12.2. The summed E-state index contributed by atoms with van der Waals surface area (Å²) >= 11 is 6.07. The fourth-order valence-electron chi connectivity index (χ4n) is 2.11. The molecule has 108 valence electrons. The van der Waals surface area contributed by atoms with Crippen LogP contribution in [0.15, 0.2) is 24.5 Å². The van der Waals surface area contributed by atoms with E-state index in [0.717, 1.165) is 0 Å². The van der Waals surface area contributed by atoms with Crippen molar-refractivity contribution in [2.75, 3.05) is 20.0 Å². The van der Waals surface area contributed by atoms with E-state index in [1.54, 1.807) is 29.9 Å². The molecule has 0 fully saturated rings. The fourth-order valence-corrected chi connectivity index (χ4v) is 2.28. The van der Waals surface area contributed by atoms with Crippen molar-refractivity contribution >= 4 is 28.7 Å². The molecule has 2 heterocycles. The summed E-state index contributed by atoms with van der Waals surface area (Å²) in [6.45, 7) is 0. The van der Waals surface area contributed by atoms with Crippen molar-refractivity contribution in [2.24, 2.45) is 0 Å². The summed E-state index contributed by atoms with van der Waals surface area (Å²) in [7, 11) is 3.08. The first-order valence-corrected chi connectivity index (χ1v) is 6.40. The maximum Gasteiger partial charge on any atom is 0.245 e. The van der Waals surface area contributed by atoms with Crippen molar-refractivity contribution in [3.8, 4) is 17.3 Å². The SMILES string of the molecule is COc1ccc(Cl)cc1-n1c(N)nc2c(OC)ncnc21. The first-order chi connectivity index (χ1) is 10.2. The lowest BCUT2D eigenvalue weighted by Gasteiger charge is -2.11. The summed E-state index contributed by atoms with van der Waals surface area (Å²) in [5.74, 6) is 1.19. The van der Waals surface area contributed by atoms with E-state index < -0.39 is 0 Å². The zero-order chi connectivity index (χ0) is 15.0. The van der Waals surface area contributed by atoms with E-state index in [4.69, 9.17) is 26.8 Å². The molecular formula is C13H12ClN5O2. The van der Waals surface area contributed by atoms with Gasteiger partial charge in [-0.3, -0.25) is 4.57 Å². The number of rotatable bonds is 3. The summed E-state index contributed by atoms with van der Waals surface area (Å²) in [4.78, 5) is 12.5. The van der Waals surface area contributed by atoms with Crippen LogP contribution >= 0.6 is 11.6 Å². The first kappa shape index (κ1) is 13.4. The molecule has 0 atom stereocenters. The number of hydrogen-bond acceptors (Lipinski definition) is 6. The largest absolute Gasteiger partial charge is 0.495 e. The number of nitrogens with zero attached hydrogens (tertiary/aromatic N) is 4. The number of hydrogen-bond donors (Lipinski definition) is 1. The Morgan fingerprint density at radius 1 is 1.19 bits per heavy atom. The van der Waals surface area contributed by atoms with Crippen LogP contribution < -0.4 is 15.2 Å². The number of methoxy groups -OCH3 is 2.